The van der Waals surface area contributed by atoms with Crippen molar-refractivity contribution >= 4 is 22.5 Å². The van der Waals surface area contributed by atoms with Gasteiger partial charge in [-0.05, 0) is 18.6 Å². The highest BCUT2D eigenvalue weighted by Gasteiger charge is 2.29. The Kier molecular flexibility index (Phi) is 2.93. The van der Waals surface area contributed by atoms with Crippen molar-refractivity contribution in [3.8, 4) is 0 Å². The molecule has 1 atom stereocenters. The van der Waals surface area contributed by atoms with Crippen molar-refractivity contribution in [3.63, 3.8) is 0 Å². The lowest BCUT2D eigenvalue weighted by Gasteiger charge is -2.21. The fourth-order valence-electron chi connectivity index (χ4n) is 2.48. The second-order valence-corrected chi connectivity index (χ2v) is 4.85. The van der Waals surface area contributed by atoms with Crippen LogP contribution in [0.15, 0.2) is 29.3 Å². The molecule has 1 aromatic carbocycles. The molecule has 1 fully saturated rings. The maximum Gasteiger partial charge on any atom is 0.261 e. The highest BCUT2D eigenvalue weighted by atomic mass is 19.1. The topological polar surface area (TPSA) is 69.0 Å². The van der Waals surface area contributed by atoms with Gasteiger partial charge in [0, 0.05) is 12.5 Å². The largest absolute Gasteiger partial charge is 0.299 e. The van der Waals surface area contributed by atoms with Gasteiger partial charge >= 0.3 is 0 Å². The van der Waals surface area contributed by atoms with E-state index in [4.69, 9.17) is 0 Å². The smallest absolute Gasteiger partial charge is 0.261 e. The quantitative estimate of drug-likeness (QED) is 0.737. The van der Waals surface area contributed by atoms with Crippen molar-refractivity contribution in [2.75, 3.05) is 0 Å². The number of rotatable bonds is 1. The normalized spacial score (nSPS) is 19.6. The Hall–Kier alpha value is -2.37. The predicted molar refractivity (Wildman–Crippen MR) is 68.9 cm³/mol. The van der Waals surface area contributed by atoms with Crippen molar-refractivity contribution in [1.29, 1.82) is 0 Å². The molecule has 102 valence electrons. The van der Waals surface area contributed by atoms with Crippen LogP contribution < -0.4 is 5.56 Å². The summed E-state index contributed by atoms with van der Waals surface area (Å²) in [5.74, 6) is -0.844. The van der Waals surface area contributed by atoms with Crippen LogP contribution >= 0.6 is 0 Å². The summed E-state index contributed by atoms with van der Waals surface area (Å²) >= 11 is 0. The number of nitrogens with zero attached hydrogens (tertiary/aromatic N) is 2. The van der Waals surface area contributed by atoms with Crippen LogP contribution in [0.25, 0.3) is 10.9 Å². The maximum absolute atomic E-state index is 13.1. The molecule has 1 aromatic heterocycles. The lowest BCUT2D eigenvalue weighted by molar-refractivity contribution is -0.132. The number of fused-ring (bicyclic) bond motifs is 1. The van der Waals surface area contributed by atoms with Gasteiger partial charge in [-0.25, -0.2) is 9.37 Å². The fourth-order valence-corrected chi connectivity index (χ4v) is 2.48. The summed E-state index contributed by atoms with van der Waals surface area (Å²) in [5, 5.41) is 0.263. The van der Waals surface area contributed by atoms with E-state index in [1.165, 1.54) is 29.1 Å². The van der Waals surface area contributed by atoms with Gasteiger partial charge in [0.2, 0.25) is 0 Å². The van der Waals surface area contributed by atoms with Crippen LogP contribution in [0.3, 0.4) is 0 Å². The van der Waals surface area contributed by atoms with E-state index in [-0.39, 0.29) is 40.9 Å². The molecule has 0 radical (unpaired) electrons. The zero-order valence-electron chi connectivity index (χ0n) is 10.5. The first-order valence-electron chi connectivity index (χ1n) is 6.27. The Labute approximate surface area is 113 Å². The number of halogens is 1. The summed E-state index contributed by atoms with van der Waals surface area (Å²) in [4.78, 5) is 39.4. The summed E-state index contributed by atoms with van der Waals surface area (Å²) in [6.45, 7) is 0. The lowest BCUT2D eigenvalue weighted by Crippen LogP contribution is -2.34. The van der Waals surface area contributed by atoms with E-state index < -0.39 is 11.9 Å². The average molecular weight is 274 g/mol. The first-order valence-corrected chi connectivity index (χ1v) is 6.27. The molecule has 1 saturated carbocycles. The first kappa shape index (κ1) is 12.7. The van der Waals surface area contributed by atoms with Crippen molar-refractivity contribution in [3.05, 3.63) is 40.7 Å². The highest BCUT2D eigenvalue weighted by molar-refractivity contribution is 6.03. The Morgan fingerprint density at radius 2 is 2.05 bits per heavy atom. The van der Waals surface area contributed by atoms with Crippen LogP contribution in [0.1, 0.15) is 25.3 Å². The Morgan fingerprint density at radius 3 is 2.80 bits per heavy atom. The van der Waals surface area contributed by atoms with Gasteiger partial charge in [-0.1, -0.05) is 0 Å². The lowest BCUT2D eigenvalue weighted by atomic mass is 9.93. The summed E-state index contributed by atoms with van der Waals surface area (Å²) in [5.41, 5.74) is -0.131. The van der Waals surface area contributed by atoms with E-state index in [1.54, 1.807) is 0 Å². The van der Waals surface area contributed by atoms with Gasteiger partial charge < -0.3 is 0 Å². The molecule has 0 aliphatic heterocycles. The predicted octanol–water partition coefficient (Wildman–Crippen LogP) is 1.40. The van der Waals surface area contributed by atoms with E-state index >= 15 is 0 Å². The van der Waals surface area contributed by atoms with Crippen LogP contribution in [0, 0.1) is 5.82 Å². The second-order valence-electron chi connectivity index (χ2n) is 4.85. The van der Waals surface area contributed by atoms with Gasteiger partial charge in [0.1, 0.15) is 11.6 Å². The maximum atomic E-state index is 13.1. The molecule has 0 saturated heterocycles. The molecule has 0 N–H and O–H groups in total. The summed E-state index contributed by atoms with van der Waals surface area (Å²) in [6, 6.07) is 3.06. The number of benzene rings is 1. The number of aromatic nitrogens is 2. The molecule has 2 aromatic rings. The van der Waals surface area contributed by atoms with Gasteiger partial charge in [0.15, 0.2) is 5.78 Å². The molecule has 20 heavy (non-hydrogen) atoms. The van der Waals surface area contributed by atoms with E-state index in [0.717, 1.165) is 0 Å². The molecular formula is C14H11FN2O3. The molecular weight excluding hydrogens is 263 g/mol. The molecule has 3 rings (SSSR count). The zero-order valence-corrected chi connectivity index (χ0v) is 10.5. The molecule has 1 aliphatic rings. The third-order valence-electron chi connectivity index (χ3n) is 3.52. The summed E-state index contributed by atoms with van der Waals surface area (Å²) in [6.07, 6.45) is 1.71. The first-order chi connectivity index (χ1) is 9.56. The third kappa shape index (κ3) is 2.03. The SMILES string of the molecule is O=C1CCC(n2cnc3cc(F)ccc3c2=O)C(=O)C1. The Bertz CT molecular complexity index is 782. The van der Waals surface area contributed by atoms with E-state index in [9.17, 15) is 18.8 Å². The molecule has 1 aliphatic carbocycles. The molecule has 6 heteroatoms. The fraction of sp³-hybridized carbons (Fsp3) is 0.286. The van der Waals surface area contributed by atoms with Gasteiger partial charge in [-0.3, -0.25) is 19.0 Å². The van der Waals surface area contributed by atoms with Crippen LogP contribution in [0.4, 0.5) is 4.39 Å². The van der Waals surface area contributed by atoms with Crippen LogP contribution in [0.5, 0.6) is 0 Å². The van der Waals surface area contributed by atoms with Crippen LogP contribution in [-0.4, -0.2) is 21.1 Å². The van der Waals surface area contributed by atoms with Crippen molar-refractivity contribution in [1.82, 2.24) is 9.55 Å². The van der Waals surface area contributed by atoms with Crippen molar-refractivity contribution in [2.24, 2.45) is 0 Å². The number of hydrogen-bond acceptors (Lipinski definition) is 4. The molecule has 0 spiro atoms. The third-order valence-corrected chi connectivity index (χ3v) is 3.52. The molecule has 5 nitrogen and oxygen atoms in total. The minimum Gasteiger partial charge on any atom is -0.299 e. The number of ketones is 2. The Balaban J connectivity index is 2.11. The van der Waals surface area contributed by atoms with Crippen LogP contribution in [0.2, 0.25) is 0 Å². The molecule has 0 bridgehead atoms. The standard InChI is InChI=1S/C14H11FN2O3/c15-8-1-3-10-11(5-8)16-7-17(14(10)20)12-4-2-9(18)6-13(12)19/h1,3,5,7,12H,2,4,6H2. The molecule has 0 amide bonds. The molecule has 1 unspecified atom stereocenters. The second kappa shape index (κ2) is 4.63. The van der Waals surface area contributed by atoms with E-state index in [1.807, 2.05) is 0 Å². The highest BCUT2D eigenvalue weighted by Crippen LogP contribution is 2.22. The van der Waals surface area contributed by atoms with Gasteiger partial charge in [-0.2, -0.15) is 0 Å². The molecule has 1 heterocycles. The van der Waals surface area contributed by atoms with Crippen molar-refractivity contribution in [2.45, 2.75) is 25.3 Å². The van der Waals surface area contributed by atoms with Gasteiger partial charge in [0.25, 0.3) is 5.56 Å². The number of carbonyl (C=O) groups is 2. The average Bonchev–Trinajstić information content (AvgIpc) is 2.40. The van der Waals surface area contributed by atoms with Gasteiger partial charge in [0.05, 0.1) is 29.7 Å². The number of carbonyl (C=O) groups excluding carboxylic acids is 2. The van der Waals surface area contributed by atoms with E-state index in [2.05, 4.69) is 4.98 Å². The van der Waals surface area contributed by atoms with Crippen LogP contribution in [-0.2, 0) is 9.59 Å². The summed E-state index contributed by atoms with van der Waals surface area (Å²) < 4.78 is 14.3. The van der Waals surface area contributed by atoms with Crippen molar-refractivity contribution < 1.29 is 14.0 Å². The summed E-state index contributed by atoms with van der Waals surface area (Å²) in [7, 11) is 0. The van der Waals surface area contributed by atoms with E-state index in [0.29, 0.717) is 6.42 Å². The number of Topliss-reactive ketones (excluding diaryl/α,β-unsaturated/α-hetero) is 2. The Morgan fingerprint density at radius 1 is 1.25 bits per heavy atom. The minimum atomic E-state index is -0.651. The zero-order chi connectivity index (χ0) is 14.3. The number of hydrogen-bond donors (Lipinski definition) is 0. The van der Waals surface area contributed by atoms with Gasteiger partial charge in [-0.15, -0.1) is 0 Å². The monoisotopic (exact) mass is 274 g/mol. The minimum absolute atomic E-state index is 0.102.